The summed E-state index contributed by atoms with van der Waals surface area (Å²) in [6.45, 7) is 13.3. The fraction of sp³-hybridized carbons (Fsp3) is 0.417. The molecule has 0 saturated carbocycles. The lowest BCUT2D eigenvalue weighted by Gasteiger charge is -2.19. The van der Waals surface area contributed by atoms with E-state index in [1.54, 1.807) is 39.1 Å². The number of fused-ring (bicyclic) bond motifs is 1. The van der Waals surface area contributed by atoms with Gasteiger partial charge in [0.1, 0.15) is 23.7 Å². The van der Waals surface area contributed by atoms with E-state index in [9.17, 15) is 9.18 Å². The number of hydrogen-bond acceptors (Lipinski definition) is 5. The molecule has 3 aromatic rings. The summed E-state index contributed by atoms with van der Waals surface area (Å²) < 4.78 is 33.4. The molecule has 1 amide bonds. The average Bonchev–Trinajstić information content (AvgIpc) is 3.09. The van der Waals surface area contributed by atoms with Crippen LogP contribution < -0.4 is 10.1 Å². The molecule has 7 nitrogen and oxygen atoms in total. The molecule has 0 bridgehead atoms. The number of halogens is 1. The molecule has 2 aromatic heterocycles. The lowest BCUT2D eigenvalue weighted by Crippen LogP contribution is -2.27. The Labute approximate surface area is 194 Å². The van der Waals surface area contributed by atoms with Gasteiger partial charge in [0.2, 0.25) is 0 Å². The van der Waals surface area contributed by atoms with Gasteiger partial charge < -0.3 is 18.8 Å². The largest absolute Gasteiger partial charge is 0.453 e. The summed E-state index contributed by atoms with van der Waals surface area (Å²) in [6, 6.07) is 8.85. The molecule has 0 radical (unpaired) electrons. The van der Waals surface area contributed by atoms with Crippen molar-refractivity contribution in [3.05, 3.63) is 48.5 Å². The van der Waals surface area contributed by atoms with Gasteiger partial charge in [0.15, 0.2) is 11.6 Å². The van der Waals surface area contributed by atoms with Crippen molar-refractivity contribution < 1.29 is 23.4 Å². The van der Waals surface area contributed by atoms with Crippen LogP contribution in [0, 0.1) is 5.82 Å². The highest BCUT2D eigenvalue weighted by molar-refractivity contribution is 6.76. The number of rotatable bonds is 8. The van der Waals surface area contributed by atoms with Crippen molar-refractivity contribution in [3.63, 3.8) is 0 Å². The Morgan fingerprint density at radius 1 is 1.15 bits per heavy atom. The molecule has 1 N–H and O–H groups in total. The lowest BCUT2D eigenvalue weighted by molar-refractivity contribution is 0.0636. The second kappa shape index (κ2) is 9.92. The first-order chi connectivity index (χ1) is 15.4. The smallest absolute Gasteiger partial charge is 0.412 e. The number of hydrogen-bond donors (Lipinski definition) is 1. The first-order valence-corrected chi connectivity index (χ1v) is 14.6. The van der Waals surface area contributed by atoms with Crippen molar-refractivity contribution in [1.82, 2.24) is 9.55 Å². The van der Waals surface area contributed by atoms with E-state index in [-0.39, 0.29) is 11.4 Å². The third-order valence-electron chi connectivity index (χ3n) is 4.65. The van der Waals surface area contributed by atoms with Crippen LogP contribution in [0.3, 0.4) is 0 Å². The Balaban J connectivity index is 1.69. The zero-order valence-corrected chi connectivity index (χ0v) is 21.1. The quantitative estimate of drug-likeness (QED) is 0.294. The molecule has 0 aliphatic carbocycles. The number of pyridine rings is 1. The number of anilines is 1. The molecule has 2 heterocycles. The van der Waals surface area contributed by atoms with Crippen molar-refractivity contribution in [2.24, 2.45) is 0 Å². The van der Waals surface area contributed by atoms with Gasteiger partial charge in [0.05, 0.1) is 5.39 Å². The SMILES string of the molecule is CC(C)(C)OC(=O)Nc1ccc(Oc2ccnc3c2ccn3COCC[Si](C)(C)C)c(F)c1. The van der Waals surface area contributed by atoms with E-state index < -0.39 is 25.6 Å². The maximum atomic E-state index is 14.7. The second-order valence-corrected chi connectivity index (χ2v) is 15.7. The van der Waals surface area contributed by atoms with E-state index in [1.165, 1.54) is 12.1 Å². The molecule has 33 heavy (non-hydrogen) atoms. The van der Waals surface area contributed by atoms with Gasteiger partial charge in [-0.2, -0.15) is 0 Å². The topological polar surface area (TPSA) is 74.6 Å². The van der Waals surface area contributed by atoms with Crippen molar-refractivity contribution in [1.29, 1.82) is 0 Å². The number of carbonyl (C=O) groups is 1. The summed E-state index contributed by atoms with van der Waals surface area (Å²) in [4.78, 5) is 16.3. The van der Waals surface area contributed by atoms with Crippen LogP contribution in [0.5, 0.6) is 11.5 Å². The van der Waals surface area contributed by atoms with E-state index in [0.29, 0.717) is 24.7 Å². The van der Waals surface area contributed by atoms with Gasteiger partial charge >= 0.3 is 6.09 Å². The van der Waals surface area contributed by atoms with Crippen molar-refractivity contribution in [2.75, 3.05) is 11.9 Å². The predicted octanol–water partition coefficient (Wildman–Crippen LogP) is 6.63. The molecule has 9 heteroatoms. The van der Waals surface area contributed by atoms with Crippen LogP contribution in [0.15, 0.2) is 42.7 Å². The Bertz CT molecular complexity index is 1120. The van der Waals surface area contributed by atoms with Crippen LogP contribution in [0.2, 0.25) is 25.7 Å². The molecule has 0 atom stereocenters. The van der Waals surface area contributed by atoms with Crippen molar-refractivity contribution >= 4 is 30.9 Å². The summed E-state index contributed by atoms with van der Waals surface area (Å²) in [5, 5.41) is 3.27. The minimum Gasteiger partial charge on any atom is -0.453 e. The number of nitrogens with zero attached hydrogens (tertiary/aromatic N) is 2. The minimum absolute atomic E-state index is 0.0383. The molecular formula is C24H32FN3O4Si. The zero-order chi connectivity index (χ0) is 24.2. The molecule has 0 aliphatic rings. The Morgan fingerprint density at radius 2 is 1.91 bits per heavy atom. The van der Waals surface area contributed by atoms with Crippen LogP contribution in [0.4, 0.5) is 14.9 Å². The molecule has 3 rings (SSSR count). The van der Waals surface area contributed by atoms with Crippen LogP contribution in [-0.4, -0.2) is 35.9 Å². The molecule has 178 valence electrons. The van der Waals surface area contributed by atoms with Gasteiger partial charge in [-0.05, 0) is 51.1 Å². The van der Waals surface area contributed by atoms with Crippen molar-refractivity contribution in [2.45, 2.75) is 58.8 Å². The number of ether oxygens (including phenoxy) is 3. The highest BCUT2D eigenvalue weighted by atomic mass is 28.3. The molecule has 0 saturated heterocycles. The molecule has 0 aliphatic heterocycles. The summed E-state index contributed by atoms with van der Waals surface area (Å²) in [7, 11) is -1.15. The Kier molecular flexibility index (Phi) is 7.43. The van der Waals surface area contributed by atoms with Gasteiger partial charge in [-0.3, -0.25) is 5.32 Å². The van der Waals surface area contributed by atoms with Gasteiger partial charge in [0, 0.05) is 38.8 Å². The van der Waals surface area contributed by atoms with Crippen LogP contribution in [0.25, 0.3) is 11.0 Å². The summed E-state index contributed by atoms with van der Waals surface area (Å²) >= 11 is 0. The van der Waals surface area contributed by atoms with Gasteiger partial charge in [-0.15, -0.1) is 0 Å². The van der Waals surface area contributed by atoms with Gasteiger partial charge in [-0.1, -0.05) is 19.6 Å². The third kappa shape index (κ3) is 7.30. The Hall–Kier alpha value is -2.91. The zero-order valence-electron chi connectivity index (χ0n) is 20.1. The van der Waals surface area contributed by atoms with E-state index in [4.69, 9.17) is 14.2 Å². The fourth-order valence-corrected chi connectivity index (χ4v) is 3.76. The van der Waals surface area contributed by atoms with Gasteiger partial charge in [0.25, 0.3) is 0 Å². The minimum atomic E-state index is -1.15. The standard InChI is InChI=1S/C24H32FN3O4Si/c1-24(2,3)32-23(29)27-17-7-8-21(19(25)15-17)31-20-9-11-26-22-18(20)10-12-28(22)16-30-13-14-33(4,5)6/h7-12,15H,13-14,16H2,1-6H3,(H,27,29). The maximum Gasteiger partial charge on any atom is 0.412 e. The second-order valence-electron chi connectivity index (χ2n) is 10.1. The third-order valence-corrected chi connectivity index (χ3v) is 6.35. The fourth-order valence-electron chi connectivity index (χ4n) is 3.00. The van der Waals surface area contributed by atoms with Crippen LogP contribution in [-0.2, 0) is 16.2 Å². The monoisotopic (exact) mass is 473 g/mol. The van der Waals surface area contributed by atoms with E-state index in [0.717, 1.165) is 11.4 Å². The summed E-state index contributed by atoms with van der Waals surface area (Å²) in [5.74, 6) is -0.0911. The summed E-state index contributed by atoms with van der Waals surface area (Å²) in [5.41, 5.74) is 0.327. The first kappa shape index (κ1) is 24.7. The lowest BCUT2D eigenvalue weighted by atomic mass is 10.2. The average molecular weight is 474 g/mol. The molecule has 0 unspecified atom stereocenters. The van der Waals surface area contributed by atoms with Gasteiger partial charge in [-0.25, -0.2) is 14.2 Å². The number of nitrogens with one attached hydrogen (secondary N) is 1. The maximum absolute atomic E-state index is 14.7. The molecular weight excluding hydrogens is 441 g/mol. The Morgan fingerprint density at radius 3 is 2.58 bits per heavy atom. The normalized spacial score (nSPS) is 12.1. The van der Waals surface area contributed by atoms with Crippen molar-refractivity contribution in [3.8, 4) is 11.5 Å². The highest BCUT2D eigenvalue weighted by Gasteiger charge is 2.17. The van der Waals surface area contributed by atoms with Crippen LogP contribution >= 0.6 is 0 Å². The number of aromatic nitrogens is 2. The summed E-state index contributed by atoms with van der Waals surface area (Å²) in [6.07, 6.45) is 2.84. The number of benzene rings is 1. The van der Waals surface area contributed by atoms with Crippen LogP contribution in [0.1, 0.15) is 20.8 Å². The highest BCUT2D eigenvalue weighted by Crippen LogP contribution is 2.32. The number of amides is 1. The molecule has 0 spiro atoms. The first-order valence-electron chi connectivity index (χ1n) is 10.9. The number of carbonyl (C=O) groups excluding carboxylic acids is 1. The van der Waals surface area contributed by atoms with E-state index in [2.05, 4.69) is 29.9 Å². The molecule has 1 aromatic carbocycles. The van der Waals surface area contributed by atoms with E-state index in [1.807, 2.05) is 16.8 Å². The molecule has 0 fully saturated rings. The predicted molar refractivity (Wildman–Crippen MR) is 130 cm³/mol. The van der Waals surface area contributed by atoms with E-state index >= 15 is 0 Å².